The SMILES string of the molecule is CNc1ccc(NC(=O)OCCOCCOCCOc2ccc(CCCCNC(=N)NC(=O)c3nc(Cl)c(N)nc3N)cc2)cc1. The fraction of sp³-hybridized carbons (Fsp3) is 0.367. The number of ether oxygens (including phenoxy) is 4. The normalized spacial score (nSPS) is 10.6. The summed E-state index contributed by atoms with van der Waals surface area (Å²) in [5.41, 5.74) is 13.7. The van der Waals surface area contributed by atoms with Gasteiger partial charge in [-0.05, 0) is 61.2 Å². The first kappa shape index (κ1) is 35.6. The number of guanidine groups is 1. The van der Waals surface area contributed by atoms with E-state index in [9.17, 15) is 9.59 Å². The Kier molecular flexibility index (Phi) is 15.1. The number of unbranched alkanes of at least 4 members (excludes halogenated alkanes) is 1. The van der Waals surface area contributed by atoms with Gasteiger partial charge in [0.2, 0.25) is 0 Å². The predicted octanol–water partition coefficient (Wildman–Crippen LogP) is 3.27. The van der Waals surface area contributed by atoms with Gasteiger partial charge in [-0.15, -0.1) is 0 Å². The van der Waals surface area contributed by atoms with Gasteiger partial charge in [-0.25, -0.2) is 14.8 Å². The Balaban J connectivity index is 1.15. The summed E-state index contributed by atoms with van der Waals surface area (Å²) in [5.74, 6) is -0.395. The molecule has 248 valence electrons. The summed E-state index contributed by atoms with van der Waals surface area (Å²) in [4.78, 5) is 31.6. The number of benzene rings is 2. The van der Waals surface area contributed by atoms with E-state index in [-0.39, 0.29) is 41.7 Å². The minimum atomic E-state index is -0.708. The van der Waals surface area contributed by atoms with E-state index >= 15 is 0 Å². The van der Waals surface area contributed by atoms with Gasteiger partial charge >= 0.3 is 6.09 Å². The molecule has 15 nitrogen and oxygen atoms in total. The van der Waals surface area contributed by atoms with Crippen LogP contribution in [0.2, 0.25) is 5.15 Å². The first-order valence-electron chi connectivity index (χ1n) is 14.6. The standard InChI is InChI=1S/C30H40ClN9O6/c1-35-21-7-9-22(10-8-21)37-30(42)46-19-17-44-15-14-43-16-18-45-23-11-5-20(6-12-23)4-2-3-13-36-29(34)40-28(41)24-26(32)39-27(33)25(31)38-24/h5-12,35H,2-4,13-19H2,1H3,(H,37,42)(H4,32,33,39)(H3,34,36,40,41). The molecule has 0 aliphatic heterocycles. The number of halogens is 1. The third-order valence-electron chi connectivity index (χ3n) is 6.23. The van der Waals surface area contributed by atoms with E-state index in [0.29, 0.717) is 38.7 Å². The number of amides is 2. The van der Waals surface area contributed by atoms with Crippen LogP contribution < -0.4 is 37.5 Å². The van der Waals surface area contributed by atoms with Crippen LogP contribution in [0, 0.1) is 5.41 Å². The molecule has 0 saturated carbocycles. The maximum Gasteiger partial charge on any atom is 0.411 e. The van der Waals surface area contributed by atoms with Gasteiger partial charge in [0.05, 0.1) is 26.4 Å². The molecule has 2 amide bonds. The second-order valence-corrected chi connectivity index (χ2v) is 10.0. The number of rotatable bonds is 18. The molecule has 0 spiro atoms. The molecule has 0 atom stereocenters. The maximum absolute atomic E-state index is 12.3. The largest absolute Gasteiger partial charge is 0.491 e. The van der Waals surface area contributed by atoms with Crippen molar-refractivity contribution >= 4 is 52.6 Å². The quantitative estimate of drug-likeness (QED) is 0.0595. The van der Waals surface area contributed by atoms with Gasteiger partial charge in [0.15, 0.2) is 28.4 Å². The Morgan fingerprint density at radius 2 is 1.50 bits per heavy atom. The highest BCUT2D eigenvalue weighted by Gasteiger charge is 2.17. The number of nitrogen functional groups attached to an aromatic ring is 2. The van der Waals surface area contributed by atoms with Crippen LogP contribution >= 0.6 is 11.6 Å². The number of anilines is 4. The maximum atomic E-state index is 12.3. The van der Waals surface area contributed by atoms with E-state index in [4.69, 9.17) is 47.4 Å². The molecule has 1 heterocycles. The number of hydrogen-bond acceptors (Lipinski definition) is 12. The van der Waals surface area contributed by atoms with Gasteiger partial charge in [-0.1, -0.05) is 23.7 Å². The molecule has 0 radical (unpaired) electrons. The average molecular weight is 658 g/mol. The van der Waals surface area contributed by atoms with Crippen molar-refractivity contribution in [2.24, 2.45) is 0 Å². The van der Waals surface area contributed by atoms with Crippen molar-refractivity contribution in [3.63, 3.8) is 0 Å². The zero-order valence-corrected chi connectivity index (χ0v) is 26.3. The lowest BCUT2D eigenvalue weighted by Gasteiger charge is -2.11. The molecule has 1 aromatic heterocycles. The lowest BCUT2D eigenvalue weighted by molar-refractivity contribution is 0.0222. The highest BCUT2D eigenvalue weighted by Crippen LogP contribution is 2.17. The van der Waals surface area contributed by atoms with E-state index in [1.54, 1.807) is 12.1 Å². The molecule has 0 saturated heterocycles. The molecular weight excluding hydrogens is 618 g/mol. The summed E-state index contributed by atoms with van der Waals surface area (Å²) < 4.78 is 21.7. The number of carbonyl (C=O) groups excluding carboxylic acids is 2. The van der Waals surface area contributed by atoms with Crippen LogP contribution in [-0.2, 0) is 20.6 Å². The summed E-state index contributed by atoms with van der Waals surface area (Å²) in [5, 5.41) is 18.6. The number of aromatic nitrogens is 2. The highest BCUT2D eigenvalue weighted by atomic mass is 35.5. The van der Waals surface area contributed by atoms with Gasteiger partial charge < -0.3 is 41.0 Å². The number of carbonyl (C=O) groups is 2. The van der Waals surface area contributed by atoms with Gasteiger partial charge in [-0.2, -0.15) is 0 Å². The van der Waals surface area contributed by atoms with Crippen molar-refractivity contribution in [1.29, 1.82) is 5.41 Å². The van der Waals surface area contributed by atoms with Crippen molar-refractivity contribution in [2.75, 3.05) is 75.3 Å². The van der Waals surface area contributed by atoms with Gasteiger partial charge in [0, 0.05) is 25.0 Å². The van der Waals surface area contributed by atoms with Crippen molar-refractivity contribution < 1.29 is 28.5 Å². The number of nitrogens with zero attached hydrogens (tertiary/aromatic N) is 2. The molecule has 3 rings (SSSR count). The first-order chi connectivity index (χ1) is 22.2. The van der Waals surface area contributed by atoms with Crippen molar-refractivity contribution in [3.05, 3.63) is 64.9 Å². The topological polar surface area (TPSA) is 221 Å². The number of nitrogens with two attached hydrogens (primary N) is 2. The van der Waals surface area contributed by atoms with E-state index in [2.05, 4.69) is 31.2 Å². The fourth-order valence-electron chi connectivity index (χ4n) is 3.85. The summed E-state index contributed by atoms with van der Waals surface area (Å²) in [6.07, 6.45) is 1.97. The lowest BCUT2D eigenvalue weighted by Crippen LogP contribution is -2.41. The molecular formula is C30H40ClN9O6. The van der Waals surface area contributed by atoms with Gasteiger partial charge in [0.25, 0.3) is 5.91 Å². The predicted molar refractivity (Wildman–Crippen MR) is 177 cm³/mol. The van der Waals surface area contributed by atoms with Crippen LogP contribution in [-0.4, -0.2) is 81.2 Å². The third kappa shape index (κ3) is 13.0. The van der Waals surface area contributed by atoms with Crippen molar-refractivity contribution in [3.8, 4) is 5.75 Å². The van der Waals surface area contributed by atoms with Crippen LogP contribution in [0.15, 0.2) is 48.5 Å². The number of nitrogens with one attached hydrogen (secondary N) is 5. The first-order valence-corrected chi connectivity index (χ1v) is 14.9. The molecule has 16 heteroatoms. The Bertz CT molecular complexity index is 1410. The lowest BCUT2D eigenvalue weighted by atomic mass is 10.1. The second-order valence-electron chi connectivity index (χ2n) is 9.65. The summed E-state index contributed by atoms with van der Waals surface area (Å²) >= 11 is 5.79. The van der Waals surface area contributed by atoms with Crippen LogP contribution in [0.4, 0.5) is 27.8 Å². The van der Waals surface area contributed by atoms with E-state index in [1.807, 2.05) is 43.4 Å². The molecule has 46 heavy (non-hydrogen) atoms. The molecule has 2 aromatic carbocycles. The minimum absolute atomic E-state index is 0.0773. The summed E-state index contributed by atoms with van der Waals surface area (Å²) in [7, 11) is 1.82. The fourth-order valence-corrected chi connectivity index (χ4v) is 3.98. The Morgan fingerprint density at radius 1 is 0.848 bits per heavy atom. The van der Waals surface area contributed by atoms with Crippen LogP contribution in [0.25, 0.3) is 0 Å². The van der Waals surface area contributed by atoms with E-state index < -0.39 is 12.0 Å². The number of hydrogen-bond donors (Lipinski definition) is 7. The van der Waals surface area contributed by atoms with Gasteiger partial charge in [-0.3, -0.25) is 20.8 Å². The minimum Gasteiger partial charge on any atom is -0.491 e. The average Bonchev–Trinajstić information content (AvgIpc) is 3.04. The van der Waals surface area contributed by atoms with Gasteiger partial charge in [0.1, 0.15) is 19.0 Å². The summed E-state index contributed by atoms with van der Waals surface area (Å²) in [6, 6.07) is 15.1. The molecule has 0 bridgehead atoms. The second kappa shape index (κ2) is 19.5. The van der Waals surface area contributed by atoms with Crippen molar-refractivity contribution in [2.45, 2.75) is 19.3 Å². The van der Waals surface area contributed by atoms with Crippen LogP contribution in [0.3, 0.4) is 0 Å². The van der Waals surface area contributed by atoms with E-state index in [1.165, 1.54) is 0 Å². The van der Waals surface area contributed by atoms with Crippen LogP contribution in [0.5, 0.6) is 5.75 Å². The summed E-state index contributed by atoms with van der Waals surface area (Å²) in [6.45, 7) is 2.48. The molecule has 0 aliphatic rings. The van der Waals surface area contributed by atoms with Crippen LogP contribution in [0.1, 0.15) is 28.9 Å². The zero-order chi connectivity index (χ0) is 33.1. The number of aryl methyl sites for hydroxylation is 1. The third-order valence-corrected chi connectivity index (χ3v) is 6.50. The monoisotopic (exact) mass is 657 g/mol. The Morgan fingerprint density at radius 3 is 2.20 bits per heavy atom. The molecule has 0 unspecified atom stereocenters. The smallest absolute Gasteiger partial charge is 0.411 e. The molecule has 0 fully saturated rings. The molecule has 0 aliphatic carbocycles. The molecule has 9 N–H and O–H groups in total. The highest BCUT2D eigenvalue weighted by molar-refractivity contribution is 6.31. The Hall–Kier alpha value is -4.86. The molecule has 3 aromatic rings. The van der Waals surface area contributed by atoms with E-state index in [0.717, 1.165) is 36.3 Å². The Labute approximate surface area is 272 Å². The zero-order valence-electron chi connectivity index (χ0n) is 25.6. The van der Waals surface area contributed by atoms with Crippen molar-refractivity contribution in [1.82, 2.24) is 20.6 Å².